The summed E-state index contributed by atoms with van der Waals surface area (Å²) in [6.07, 6.45) is 0. The molecule has 0 spiro atoms. The number of carbonyl (C=O) groups excluding carboxylic acids is 1. The molecule has 4 aromatic rings. The number of nitrogens with one attached hydrogen (secondary N) is 2. The predicted molar refractivity (Wildman–Crippen MR) is 137 cm³/mol. The van der Waals surface area contributed by atoms with Crippen molar-refractivity contribution in [2.45, 2.75) is 11.8 Å². The highest BCUT2D eigenvalue weighted by Gasteiger charge is 2.25. The van der Waals surface area contributed by atoms with Crippen molar-refractivity contribution in [3.05, 3.63) is 104 Å². The van der Waals surface area contributed by atoms with Gasteiger partial charge in [-0.25, -0.2) is 17.5 Å². The summed E-state index contributed by atoms with van der Waals surface area (Å²) >= 11 is 12.1. The van der Waals surface area contributed by atoms with Crippen LogP contribution in [0.2, 0.25) is 10.0 Å². The van der Waals surface area contributed by atoms with Crippen molar-refractivity contribution in [3.8, 4) is 5.69 Å². The Balaban J connectivity index is 1.68. The van der Waals surface area contributed by atoms with E-state index in [0.717, 1.165) is 18.2 Å². The highest BCUT2D eigenvalue weighted by Crippen LogP contribution is 2.27. The smallest absolute Gasteiger partial charge is 0.296 e. The SMILES string of the molecule is Cc1c(NS(=O)(=O)c2cc(C(=O)Nc3ccc(F)cc3Cl)ccc2Cl)c(=O)n(-c2ccccc2)n1C. The van der Waals surface area contributed by atoms with Gasteiger partial charge in [0, 0.05) is 12.6 Å². The van der Waals surface area contributed by atoms with Gasteiger partial charge in [-0.05, 0) is 55.5 Å². The molecule has 4 rings (SSSR count). The third kappa shape index (κ3) is 4.88. The van der Waals surface area contributed by atoms with E-state index in [4.69, 9.17) is 23.2 Å². The summed E-state index contributed by atoms with van der Waals surface area (Å²) in [5.41, 5.74) is 0.262. The summed E-state index contributed by atoms with van der Waals surface area (Å²) < 4.78 is 45.0. The second-order valence-electron chi connectivity index (χ2n) is 7.77. The van der Waals surface area contributed by atoms with E-state index in [1.807, 2.05) is 0 Å². The lowest BCUT2D eigenvalue weighted by Crippen LogP contribution is -2.23. The second kappa shape index (κ2) is 9.81. The molecule has 0 radical (unpaired) electrons. The molecule has 0 atom stereocenters. The summed E-state index contributed by atoms with van der Waals surface area (Å²) in [7, 11) is -2.76. The van der Waals surface area contributed by atoms with Crippen LogP contribution >= 0.6 is 23.2 Å². The van der Waals surface area contributed by atoms with E-state index in [1.54, 1.807) is 44.3 Å². The monoisotopic (exact) mass is 548 g/mol. The first-order valence-electron chi connectivity index (χ1n) is 10.4. The van der Waals surface area contributed by atoms with Crippen molar-refractivity contribution < 1.29 is 17.6 Å². The van der Waals surface area contributed by atoms with Gasteiger partial charge >= 0.3 is 0 Å². The van der Waals surface area contributed by atoms with Crippen molar-refractivity contribution in [1.82, 2.24) is 9.36 Å². The Labute approximate surface area is 215 Å². The number of rotatable bonds is 6. The van der Waals surface area contributed by atoms with Gasteiger partial charge in [0.1, 0.15) is 16.4 Å². The topological polar surface area (TPSA) is 102 Å². The molecule has 0 saturated heterocycles. The number of anilines is 2. The van der Waals surface area contributed by atoms with Crippen LogP contribution in [0.5, 0.6) is 0 Å². The zero-order chi connectivity index (χ0) is 26.2. The van der Waals surface area contributed by atoms with Crippen molar-refractivity contribution in [3.63, 3.8) is 0 Å². The summed E-state index contributed by atoms with van der Waals surface area (Å²) in [6.45, 7) is 1.59. The molecular weight excluding hydrogens is 530 g/mol. The van der Waals surface area contributed by atoms with E-state index in [2.05, 4.69) is 10.0 Å². The largest absolute Gasteiger partial charge is 0.321 e. The van der Waals surface area contributed by atoms with Crippen LogP contribution in [0.1, 0.15) is 16.1 Å². The van der Waals surface area contributed by atoms with Gasteiger partial charge in [0.25, 0.3) is 21.5 Å². The van der Waals surface area contributed by atoms with Crippen LogP contribution in [0.15, 0.2) is 76.4 Å². The molecule has 0 aliphatic rings. The molecule has 12 heteroatoms. The molecule has 0 aliphatic heterocycles. The maximum atomic E-state index is 13.3. The molecule has 0 aliphatic carbocycles. The average Bonchev–Trinajstić information content (AvgIpc) is 3.04. The lowest BCUT2D eigenvalue weighted by molar-refractivity contribution is 0.102. The fourth-order valence-electron chi connectivity index (χ4n) is 3.51. The molecule has 0 bridgehead atoms. The standard InChI is InChI=1S/C24H19Cl2FN4O4S/c1-14-22(24(33)31(30(14)2)17-6-4-3-5-7-17)29-36(34,35)21-12-15(8-10-18(21)25)23(32)28-20-11-9-16(27)13-19(20)26/h3-13,29H,1-2H3,(H,28,32). The maximum absolute atomic E-state index is 13.3. The molecule has 8 nitrogen and oxygen atoms in total. The summed E-state index contributed by atoms with van der Waals surface area (Å²) in [6, 6.07) is 15.8. The molecule has 36 heavy (non-hydrogen) atoms. The number of amides is 1. The minimum Gasteiger partial charge on any atom is -0.321 e. The van der Waals surface area contributed by atoms with Crippen LogP contribution in [0.25, 0.3) is 5.69 Å². The summed E-state index contributed by atoms with van der Waals surface area (Å²) in [4.78, 5) is 25.4. The molecule has 1 amide bonds. The highest BCUT2D eigenvalue weighted by atomic mass is 35.5. The third-order valence-corrected chi connectivity index (χ3v) is 7.60. The minimum atomic E-state index is -4.38. The van der Waals surface area contributed by atoms with Gasteiger partial charge in [-0.3, -0.25) is 19.0 Å². The molecule has 3 aromatic carbocycles. The Kier molecular flexibility index (Phi) is 6.94. The van der Waals surface area contributed by atoms with Crippen LogP contribution in [-0.2, 0) is 17.1 Å². The van der Waals surface area contributed by atoms with Crippen LogP contribution in [0, 0.1) is 12.7 Å². The molecule has 0 fully saturated rings. The molecule has 0 saturated carbocycles. The number of aromatic nitrogens is 2. The van der Waals surface area contributed by atoms with Gasteiger partial charge in [0.2, 0.25) is 0 Å². The van der Waals surface area contributed by atoms with E-state index in [1.165, 1.54) is 27.6 Å². The summed E-state index contributed by atoms with van der Waals surface area (Å²) in [5, 5.41) is 2.31. The highest BCUT2D eigenvalue weighted by molar-refractivity contribution is 7.92. The van der Waals surface area contributed by atoms with Gasteiger partial charge < -0.3 is 5.32 Å². The van der Waals surface area contributed by atoms with Gasteiger partial charge in [-0.1, -0.05) is 41.4 Å². The Hall–Kier alpha value is -3.60. The fourth-order valence-corrected chi connectivity index (χ4v) is 5.37. The quantitative estimate of drug-likeness (QED) is 0.354. The van der Waals surface area contributed by atoms with Gasteiger partial charge in [0.05, 0.1) is 27.1 Å². The first kappa shape index (κ1) is 25.5. The number of sulfonamides is 1. The molecule has 1 heterocycles. The minimum absolute atomic E-state index is 0.0268. The number of para-hydroxylation sites is 1. The van der Waals surface area contributed by atoms with Crippen LogP contribution in [0.3, 0.4) is 0 Å². The molecule has 186 valence electrons. The van der Waals surface area contributed by atoms with Crippen LogP contribution in [-0.4, -0.2) is 23.7 Å². The zero-order valence-corrected chi connectivity index (χ0v) is 21.2. The van der Waals surface area contributed by atoms with E-state index in [0.29, 0.717) is 11.4 Å². The molecular formula is C24H19Cl2FN4O4S. The second-order valence-corrected chi connectivity index (χ2v) is 10.2. The van der Waals surface area contributed by atoms with Crippen molar-refractivity contribution in [1.29, 1.82) is 0 Å². The molecule has 0 unspecified atom stereocenters. The van der Waals surface area contributed by atoms with Gasteiger partial charge in [-0.15, -0.1) is 0 Å². The molecule has 2 N–H and O–H groups in total. The van der Waals surface area contributed by atoms with E-state index in [-0.39, 0.29) is 27.0 Å². The number of halogens is 3. The lowest BCUT2D eigenvalue weighted by atomic mass is 10.2. The number of hydrogen-bond donors (Lipinski definition) is 2. The van der Waals surface area contributed by atoms with Crippen molar-refractivity contribution >= 4 is 50.5 Å². The van der Waals surface area contributed by atoms with E-state index < -0.39 is 32.2 Å². The predicted octanol–water partition coefficient (Wildman–Crippen LogP) is 4.98. The van der Waals surface area contributed by atoms with Gasteiger partial charge in [0.15, 0.2) is 0 Å². The Morgan fingerprint density at radius 2 is 1.67 bits per heavy atom. The Morgan fingerprint density at radius 3 is 2.33 bits per heavy atom. The number of nitrogens with zero attached hydrogens (tertiary/aromatic N) is 2. The van der Waals surface area contributed by atoms with Crippen molar-refractivity contribution in [2.24, 2.45) is 7.05 Å². The molecule has 1 aromatic heterocycles. The normalized spacial score (nSPS) is 11.4. The lowest BCUT2D eigenvalue weighted by Gasteiger charge is -2.11. The fraction of sp³-hybridized carbons (Fsp3) is 0.0833. The number of hydrogen-bond acceptors (Lipinski definition) is 4. The van der Waals surface area contributed by atoms with E-state index >= 15 is 0 Å². The van der Waals surface area contributed by atoms with E-state index in [9.17, 15) is 22.4 Å². The Bertz CT molecular complexity index is 1650. The van der Waals surface area contributed by atoms with Gasteiger partial charge in [-0.2, -0.15) is 0 Å². The van der Waals surface area contributed by atoms with Crippen LogP contribution in [0.4, 0.5) is 15.8 Å². The van der Waals surface area contributed by atoms with Crippen molar-refractivity contribution in [2.75, 3.05) is 10.0 Å². The summed E-state index contributed by atoms with van der Waals surface area (Å²) in [5.74, 6) is -1.27. The number of carbonyl (C=O) groups is 1. The number of benzene rings is 3. The average molecular weight is 549 g/mol. The maximum Gasteiger partial charge on any atom is 0.296 e. The van der Waals surface area contributed by atoms with Crippen LogP contribution < -0.4 is 15.6 Å². The Morgan fingerprint density at radius 1 is 0.972 bits per heavy atom. The zero-order valence-electron chi connectivity index (χ0n) is 18.9. The first-order valence-corrected chi connectivity index (χ1v) is 12.7. The third-order valence-electron chi connectivity index (χ3n) is 5.45. The first-order chi connectivity index (χ1) is 17.0.